The monoisotopic (exact) mass is 208 g/mol. The van der Waals surface area contributed by atoms with Gasteiger partial charge in [0, 0.05) is 0 Å². The van der Waals surface area contributed by atoms with E-state index < -0.39 is 5.97 Å². The van der Waals surface area contributed by atoms with Crippen molar-refractivity contribution in [1.29, 1.82) is 0 Å². The normalized spacial score (nSPS) is 35.9. The summed E-state index contributed by atoms with van der Waals surface area (Å²) >= 11 is 0. The zero-order valence-electron chi connectivity index (χ0n) is 9.30. The minimum absolute atomic E-state index is 0.0104. The highest BCUT2D eigenvalue weighted by molar-refractivity contribution is 5.74. The molecule has 3 rings (SSSR count). The predicted octanol–water partition coefficient (Wildman–Crippen LogP) is 3.21. The quantitative estimate of drug-likeness (QED) is 0.718. The molecule has 15 heavy (non-hydrogen) atoms. The van der Waals surface area contributed by atoms with E-state index in [9.17, 15) is 4.79 Å². The average Bonchev–Trinajstić information content (AvgIpc) is 2.76. The Morgan fingerprint density at radius 2 is 1.60 bits per heavy atom. The average molecular weight is 208 g/mol. The van der Waals surface area contributed by atoms with Crippen molar-refractivity contribution in [2.24, 2.45) is 16.7 Å². The molecule has 0 amide bonds. The maximum atomic E-state index is 10.9. The first kappa shape index (κ1) is 9.68. The van der Waals surface area contributed by atoms with E-state index in [0.717, 1.165) is 6.42 Å². The largest absolute Gasteiger partial charge is 0.481 e. The molecule has 0 heterocycles. The predicted molar refractivity (Wildman–Crippen MR) is 57.5 cm³/mol. The Labute approximate surface area is 91.1 Å². The second-order valence-electron chi connectivity index (χ2n) is 6.16. The van der Waals surface area contributed by atoms with Crippen molar-refractivity contribution in [2.75, 3.05) is 0 Å². The summed E-state index contributed by atoms with van der Waals surface area (Å²) in [6.45, 7) is 0. The van der Waals surface area contributed by atoms with E-state index in [2.05, 4.69) is 0 Å². The molecule has 3 aliphatic carbocycles. The summed E-state index contributed by atoms with van der Waals surface area (Å²) < 4.78 is 0. The first-order chi connectivity index (χ1) is 7.16. The van der Waals surface area contributed by atoms with E-state index in [4.69, 9.17) is 5.11 Å². The number of carbonyl (C=O) groups is 1. The third-order valence-electron chi connectivity index (χ3n) is 5.46. The first-order valence-electron chi connectivity index (χ1n) is 6.39. The van der Waals surface area contributed by atoms with E-state index in [-0.39, 0.29) is 11.3 Å². The van der Waals surface area contributed by atoms with Gasteiger partial charge >= 0.3 is 5.97 Å². The first-order valence-corrected chi connectivity index (χ1v) is 6.39. The second kappa shape index (κ2) is 2.99. The number of hydrogen-bond donors (Lipinski definition) is 1. The molecule has 0 radical (unpaired) electrons. The maximum Gasteiger partial charge on any atom is 0.307 e. The molecule has 1 unspecified atom stereocenters. The molecule has 84 valence electrons. The van der Waals surface area contributed by atoms with E-state index in [1.807, 2.05) is 0 Å². The van der Waals surface area contributed by atoms with Crippen LogP contribution in [-0.4, -0.2) is 11.1 Å². The molecule has 0 saturated heterocycles. The summed E-state index contributed by atoms with van der Waals surface area (Å²) in [7, 11) is 0. The van der Waals surface area contributed by atoms with Crippen LogP contribution in [0.25, 0.3) is 0 Å². The van der Waals surface area contributed by atoms with Gasteiger partial charge in [-0.15, -0.1) is 0 Å². The molecule has 0 bridgehead atoms. The lowest BCUT2D eigenvalue weighted by atomic mass is 9.67. The van der Waals surface area contributed by atoms with Crippen LogP contribution in [0, 0.1) is 16.7 Å². The summed E-state index contributed by atoms with van der Waals surface area (Å²) in [6, 6.07) is 0. The van der Waals surface area contributed by atoms with E-state index in [1.165, 1.54) is 51.4 Å². The van der Waals surface area contributed by atoms with Crippen LogP contribution in [0.4, 0.5) is 0 Å². The lowest BCUT2D eigenvalue weighted by Gasteiger charge is -2.38. The molecular formula is C13H20O2. The molecule has 2 heteroatoms. The van der Waals surface area contributed by atoms with Crippen LogP contribution in [0.15, 0.2) is 0 Å². The highest BCUT2D eigenvalue weighted by Gasteiger charge is 2.60. The Hall–Kier alpha value is -0.530. The second-order valence-corrected chi connectivity index (χ2v) is 6.16. The van der Waals surface area contributed by atoms with Gasteiger partial charge in [0.15, 0.2) is 0 Å². The van der Waals surface area contributed by atoms with E-state index in [1.54, 1.807) is 0 Å². The van der Waals surface area contributed by atoms with Crippen LogP contribution in [0.5, 0.6) is 0 Å². The SMILES string of the molecule is O=C(O)C1CC12CCC1(CCCC1)CC2. The number of rotatable bonds is 1. The minimum atomic E-state index is -0.544. The van der Waals surface area contributed by atoms with Gasteiger partial charge in [0.1, 0.15) is 0 Å². The van der Waals surface area contributed by atoms with Gasteiger partial charge in [0.2, 0.25) is 0 Å². The standard InChI is InChI=1S/C13H20O2/c14-11(15)10-9-13(10)7-5-12(6-8-13)3-1-2-4-12/h10H,1-9H2,(H,14,15). The lowest BCUT2D eigenvalue weighted by Crippen LogP contribution is -2.27. The Morgan fingerprint density at radius 1 is 1.00 bits per heavy atom. The summed E-state index contributed by atoms with van der Waals surface area (Å²) in [4.78, 5) is 10.9. The molecule has 3 saturated carbocycles. The van der Waals surface area contributed by atoms with Crippen molar-refractivity contribution in [3.63, 3.8) is 0 Å². The van der Waals surface area contributed by atoms with Crippen LogP contribution < -0.4 is 0 Å². The summed E-state index contributed by atoms with van der Waals surface area (Å²) in [5.41, 5.74) is 0.899. The third kappa shape index (κ3) is 1.41. The Morgan fingerprint density at radius 3 is 2.07 bits per heavy atom. The molecule has 1 atom stereocenters. The number of aliphatic carboxylic acids is 1. The van der Waals surface area contributed by atoms with Gasteiger partial charge in [-0.1, -0.05) is 12.8 Å². The zero-order valence-corrected chi connectivity index (χ0v) is 9.30. The molecule has 1 N–H and O–H groups in total. The van der Waals surface area contributed by atoms with Crippen molar-refractivity contribution in [2.45, 2.75) is 57.8 Å². The summed E-state index contributed by atoms with van der Waals surface area (Å²) in [5.74, 6) is -0.534. The topological polar surface area (TPSA) is 37.3 Å². The highest BCUT2D eigenvalue weighted by Crippen LogP contribution is 2.66. The van der Waals surface area contributed by atoms with Crippen LogP contribution in [0.1, 0.15) is 57.8 Å². The minimum Gasteiger partial charge on any atom is -0.481 e. The molecule has 0 aliphatic heterocycles. The fourth-order valence-electron chi connectivity index (χ4n) is 4.15. The van der Waals surface area contributed by atoms with Crippen molar-refractivity contribution in [3.05, 3.63) is 0 Å². The van der Waals surface area contributed by atoms with Crippen LogP contribution in [-0.2, 0) is 4.79 Å². The molecule has 0 aromatic rings. The van der Waals surface area contributed by atoms with Crippen molar-refractivity contribution >= 4 is 5.97 Å². The van der Waals surface area contributed by atoms with Gasteiger partial charge in [0.25, 0.3) is 0 Å². The molecule has 0 aromatic heterocycles. The number of hydrogen-bond acceptors (Lipinski definition) is 1. The van der Waals surface area contributed by atoms with Crippen LogP contribution in [0.2, 0.25) is 0 Å². The van der Waals surface area contributed by atoms with Crippen molar-refractivity contribution in [3.8, 4) is 0 Å². The van der Waals surface area contributed by atoms with Gasteiger partial charge in [-0.2, -0.15) is 0 Å². The van der Waals surface area contributed by atoms with Crippen LogP contribution in [0.3, 0.4) is 0 Å². The molecule has 2 nitrogen and oxygen atoms in total. The zero-order chi connectivity index (χ0) is 10.5. The van der Waals surface area contributed by atoms with Gasteiger partial charge in [0.05, 0.1) is 5.92 Å². The highest BCUT2D eigenvalue weighted by atomic mass is 16.4. The van der Waals surface area contributed by atoms with Gasteiger partial charge in [-0.3, -0.25) is 4.79 Å². The summed E-state index contributed by atoms with van der Waals surface area (Å²) in [6.07, 6.45) is 11.7. The fourth-order valence-corrected chi connectivity index (χ4v) is 4.15. The Kier molecular flexibility index (Phi) is 1.93. The van der Waals surface area contributed by atoms with E-state index in [0.29, 0.717) is 5.41 Å². The molecule has 2 spiro atoms. The Bertz CT molecular complexity index is 279. The molecular weight excluding hydrogens is 188 g/mol. The number of carboxylic acids is 1. The molecule has 3 aliphatic rings. The molecule has 3 fully saturated rings. The molecule has 0 aromatic carbocycles. The fraction of sp³-hybridized carbons (Fsp3) is 0.923. The van der Waals surface area contributed by atoms with E-state index >= 15 is 0 Å². The lowest BCUT2D eigenvalue weighted by molar-refractivity contribution is -0.139. The summed E-state index contributed by atoms with van der Waals surface area (Å²) in [5, 5.41) is 9.03. The Balaban J connectivity index is 1.64. The van der Waals surface area contributed by atoms with Gasteiger partial charge in [-0.25, -0.2) is 0 Å². The third-order valence-corrected chi connectivity index (χ3v) is 5.46. The van der Waals surface area contributed by atoms with Crippen LogP contribution >= 0.6 is 0 Å². The van der Waals surface area contributed by atoms with Crippen molar-refractivity contribution in [1.82, 2.24) is 0 Å². The maximum absolute atomic E-state index is 10.9. The van der Waals surface area contributed by atoms with Gasteiger partial charge < -0.3 is 5.11 Å². The smallest absolute Gasteiger partial charge is 0.307 e. The van der Waals surface area contributed by atoms with Crippen molar-refractivity contribution < 1.29 is 9.90 Å². The van der Waals surface area contributed by atoms with Gasteiger partial charge in [-0.05, 0) is 55.8 Å². The number of carboxylic acid groups (broad SMARTS) is 1.